The van der Waals surface area contributed by atoms with E-state index in [9.17, 15) is 8.42 Å². The highest BCUT2D eigenvalue weighted by atomic mass is 32.2. The van der Waals surface area contributed by atoms with Gasteiger partial charge in [0.1, 0.15) is 6.04 Å². The van der Waals surface area contributed by atoms with Crippen molar-refractivity contribution in [1.29, 1.82) is 5.26 Å². The summed E-state index contributed by atoms with van der Waals surface area (Å²) in [5.41, 5.74) is 1.13. The summed E-state index contributed by atoms with van der Waals surface area (Å²) in [6, 6.07) is 8.41. The molecule has 1 aliphatic rings. The van der Waals surface area contributed by atoms with Crippen LogP contribution in [0.2, 0.25) is 0 Å². The largest absolute Gasteiger partial charge is 0.313 e. The number of nitrogens with one attached hydrogen (secondary N) is 1. The van der Waals surface area contributed by atoms with E-state index in [4.69, 9.17) is 5.26 Å². The van der Waals surface area contributed by atoms with Crippen molar-refractivity contribution < 1.29 is 8.42 Å². The quantitative estimate of drug-likeness (QED) is 0.912. The number of hydrogen-bond acceptors (Lipinski definition) is 4. The van der Waals surface area contributed by atoms with Crippen LogP contribution in [0.1, 0.15) is 19.4 Å². The summed E-state index contributed by atoms with van der Waals surface area (Å²) in [4.78, 5) is 0.261. The van der Waals surface area contributed by atoms with Crippen LogP contribution in [0.15, 0.2) is 29.2 Å². The van der Waals surface area contributed by atoms with Crippen LogP contribution in [-0.4, -0.2) is 38.4 Å². The molecule has 0 saturated carbocycles. The van der Waals surface area contributed by atoms with Gasteiger partial charge in [-0.15, -0.1) is 0 Å². The van der Waals surface area contributed by atoms with Crippen molar-refractivity contribution in [3.8, 4) is 6.07 Å². The van der Waals surface area contributed by atoms with Gasteiger partial charge in [-0.2, -0.15) is 9.57 Å². The van der Waals surface area contributed by atoms with E-state index in [1.807, 2.05) is 12.1 Å². The fourth-order valence-corrected chi connectivity index (χ4v) is 4.03. The van der Waals surface area contributed by atoms with E-state index in [0.717, 1.165) is 12.0 Å². The summed E-state index contributed by atoms with van der Waals surface area (Å²) >= 11 is 0. The molecular formula is C15H21N3O2S. The van der Waals surface area contributed by atoms with Crippen molar-refractivity contribution in [3.05, 3.63) is 29.8 Å². The standard InChI is InChI=1S/C15H21N3O2S/c1-12(2)9-13-3-5-15(6-4-13)21(19,20)18-8-7-17-11-14(18)10-16/h3-6,12,14,17H,7-9,11H2,1-2H3. The van der Waals surface area contributed by atoms with Crippen LogP contribution in [0.5, 0.6) is 0 Å². The third kappa shape index (κ3) is 3.62. The van der Waals surface area contributed by atoms with E-state index < -0.39 is 16.1 Å². The van der Waals surface area contributed by atoms with Crippen molar-refractivity contribution in [3.63, 3.8) is 0 Å². The molecule has 0 bridgehead atoms. The Balaban J connectivity index is 2.24. The van der Waals surface area contributed by atoms with Crippen LogP contribution >= 0.6 is 0 Å². The normalized spacial score (nSPS) is 20.4. The Morgan fingerprint density at radius 2 is 2.05 bits per heavy atom. The maximum atomic E-state index is 12.6. The fraction of sp³-hybridized carbons (Fsp3) is 0.533. The van der Waals surface area contributed by atoms with Crippen molar-refractivity contribution in [2.24, 2.45) is 5.92 Å². The molecule has 1 N–H and O–H groups in total. The maximum Gasteiger partial charge on any atom is 0.244 e. The second-order valence-corrected chi connectivity index (χ2v) is 7.60. The predicted octanol–water partition coefficient (Wildman–Crippen LogP) is 1.37. The van der Waals surface area contributed by atoms with Crippen LogP contribution in [0.3, 0.4) is 0 Å². The van der Waals surface area contributed by atoms with Crippen molar-refractivity contribution in [2.45, 2.75) is 31.2 Å². The molecule has 1 aromatic carbocycles. The molecular weight excluding hydrogens is 286 g/mol. The van der Waals surface area contributed by atoms with E-state index in [1.165, 1.54) is 4.31 Å². The van der Waals surface area contributed by atoms with Crippen LogP contribution in [0.4, 0.5) is 0 Å². The molecule has 0 radical (unpaired) electrons. The lowest BCUT2D eigenvalue weighted by molar-refractivity contribution is 0.312. The van der Waals surface area contributed by atoms with Gasteiger partial charge in [-0.1, -0.05) is 26.0 Å². The lowest BCUT2D eigenvalue weighted by atomic mass is 10.0. The van der Waals surface area contributed by atoms with Gasteiger partial charge >= 0.3 is 0 Å². The number of nitrogens with zero attached hydrogens (tertiary/aromatic N) is 2. The first-order valence-corrected chi connectivity index (χ1v) is 8.60. The first-order chi connectivity index (χ1) is 9.95. The topological polar surface area (TPSA) is 73.2 Å². The molecule has 1 unspecified atom stereocenters. The predicted molar refractivity (Wildman–Crippen MR) is 81.1 cm³/mol. The zero-order chi connectivity index (χ0) is 15.5. The fourth-order valence-electron chi connectivity index (χ4n) is 2.49. The Labute approximate surface area is 126 Å². The van der Waals surface area contributed by atoms with Crippen LogP contribution < -0.4 is 5.32 Å². The number of nitriles is 1. The first-order valence-electron chi connectivity index (χ1n) is 7.16. The zero-order valence-corrected chi connectivity index (χ0v) is 13.2. The molecule has 1 heterocycles. The summed E-state index contributed by atoms with van der Waals surface area (Å²) in [6.07, 6.45) is 0.925. The van der Waals surface area contributed by atoms with Crippen LogP contribution in [0.25, 0.3) is 0 Å². The molecule has 114 valence electrons. The number of rotatable bonds is 4. The van der Waals surface area contributed by atoms with Crippen molar-refractivity contribution >= 4 is 10.0 Å². The van der Waals surface area contributed by atoms with E-state index in [1.54, 1.807) is 12.1 Å². The molecule has 2 rings (SSSR count). The van der Waals surface area contributed by atoms with Crippen LogP contribution in [-0.2, 0) is 16.4 Å². The maximum absolute atomic E-state index is 12.6. The molecule has 21 heavy (non-hydrogen) atoms. The highest BCUT2D eigenvalue weighted by Gasteiger charge is 2.33. The molecule has 1 fully saturated rings. The van der Waals surface area contributed by atoms with Crippen molar-refractivity contribution in [2.75, 3.05) is 19.6 Å². The minimum atomic E-state index is -3.60. The lowest BCUT2D eigenvalue weighted by Gasteiger charge is -2.30. The molecule has 1 aromatic rings. The van der Waals surface area contributed by atoms with Gasteiger partial charge in [-0.3, -0.25) is 0 Å². The molecule has 0 spiro atoms. The third-order valence-electron chi connectivity index (χ3n) is 3.52. The average Bonchev–Trinajstić information content (AvgIpc) is 2.47. The monoisotopic (exact) mass is 307 g/mol. The Hall–Kier alpha value is -1.42. The molecule has 1 atom stereocenters. The second-order valence-electron chi connectivity index (χ2n) is 5.71. The highest BCUT2D eigenvalue weighted by Crippen LogP contribution is 2.20. The highest BCUT2D eigenvalue weighted by molar-refractivity contribution is 7.89. The van der Waals surface area contributed by atoms with E-state index in [-0.39, 0.29) is 4.90 Å². The van der Waals surface area contributed by atoms with E-state index in [2.05, 4.69) is 25.2 Å². The molecule has 1 saturated heterocycles. The molecule has 0 aliphatic carbocycles. The number of piperazine rings is 1. The number of sulfonamides is 1. The van der Waals surface area contributed by atoms with Gasteiger partial charge in [0.15, 0.2) is 0 Å². The van der Waals surface area contributed by atoms with Crippen molar-refractivity contribution in [1.82, 2.24) is 9.62 Å². The van der Waals surface area contributed by atoms with Gasteiger partial charge in [0, 0.05) is 19.6 Å². The van der Waals surface area contributed by atoms with Gasteiger partial charge < -0.3 is 5.32 Å². The zero-order valence-electron chi connectivity index (χ0n) is 12.4. The number of benzene rings is 1. The Kier molecular flexibility index (Phi) is 4.99. The van der Waals surface area contributed by atoms with Gasteiger partial charge in [0.25, 0.3) is 0 Å². The van der Waals surface area contributed by atoms with Gasteiger partial charge in [0.2, 0.25) is 10.0 Å². The van der Waals surface area contributed by atoms with Gasteiger partial charge in [-0.05, 0) is 30.0 Å². The van der Waals surface area contributed by atoms with Gasteiger partial charge in [0.05, 0.1) is 11.0 Å². The molecule has 6 heteroatoms. The smallest absolute Gasteiger partial charge is 0.244 e. The Morgan fingerprint density at radius 1 is 1.38 bits per heavy atom. The number of hydrogen-bond donors (Lipinski definition) is 1. The summed E-state index contributed by atoms with van der Waals surface area (Å²) in [5, 5.41) is 12.2. The first kappa shape index (κ1) is 16.0. The van der Waals surface area contributed by atoms with Gasteiger partial charge in [-0.25, -0.2) is 8.42 Å². The summed E-state index contributed by atoms with van der Waals surface area (Å²) in [6.45, 7) is 5.53. The minimum Gasteiger partial charge on any atom is -0.313 e. The molecule has 1 aliphatic heterocycles. The molecule has 0 aromatic heterocycles. The molecule has 5 nitrogen and oxygen atoms in total. The lowest BCUT2D eigenvalue weighted by Crippen LogP contribution is -2.52. The van der Waals surface area contributed by atoms with E-state index >= 15 is 0 Å². The third-order valence-corrected chi connectivity index (χ3v) is 5.44. The average molecular weight is 307 g/mol. The summed E-state index contributed by atoms with van der Waals surface area (Å²) < 4.78 is 26.6. The second kappa shape index (κ2) is 6.56. The molecule has 0 amide bonds. The summed E-state index contributed by atoms with van der Waals surface area (Å²) in [5.74, 6) is 0.531. The van der Waals surface area contributed by atoms with E-state index in [0.29, 0.717) is 25.6 Å². The SMILES string of the molecule is CC(C)Cc1ccc(S(=O)(=O)N2CCNCC2C#N)cc1. The minimum absolute atomic E-state index is 0.261. The summed E-state index contributed by atoms with van der Waals surface area (Å²) in [7, 11) is -3.60. The van der Waals surface area contributed by atoms with Crippen LogP contribution in [0, 0.1) is 17.2 Å². The Morgan fingerprint density at radius 3 is 2.62 bits per heavy atom. The Bertz CT molecular complexity index is 617.